The van der Waals surface area contributed by atoms with E-state index in [1.54, 1.807) is 27.5 Å². The molecular formula is C23H23ClN4O2. The Hall–Kier alpha value is -3.12. The second kappa shape index (κ2) is 8.32. The lowest BCUT2D eigenvalue weighted by Crippen LogP contribution is -2.50. The first kappa shape index (κ1) is 20.2. The van der Waals surface area contributed by atoms with Gasteiger partial charge in [-0.2, -0.15) is 5.10 Å². The van der Waals surface area contributed by atoms with Crippen LogP contribution in [0, 0.1) is 6.92 Å². The van der Waals surface area contributed by atoms with Crippen molar-refractivity contribution in [3.63, 3.8) is 0 Å². The number of aryl methyl sites for hydroxylation is 1. The molecule has 1 aliphatic rings. The Labute approximate surface area is 180 Å². The molecule has 2 amide bonds. The third-order valence-electron chi connectivity index (χ3n) is 5.34. The predicted molar refractivity (Wildman–Crippen MR) is 117 cm³/mol. The van der Waals surface area contributed by atoms with Crippen molar-refractivity contribution in [1.29, 1.82) is 0 Å². The number of carbonyl (C=O) groups is 2. The second-order valence-corrected chi connectivity index (χ2v) is 7.85. The van der Waals surface area contributed by atoms with Crippen molar-refractivity contribution < 1.29 is 9.59 Å². The van der Waals surface area contributed by atoms with Gasteiger partial charge in [0.05, 0.1) is 16.4 Å². The Morgan fingerprint density at radius 2 is 1.63 bits per heavy atom. The molecule has 0 N–H and O–H groups in total. The summed E-state index contributed by atoms with van der Waals surface area (Å²) in [6.45, 7) is 5.64. The summed E-state index contributed by atoms with van der Waals surface area (Å²) in [5.74, 6) is -0.0709. The molecule has 4 rings (SSSR count). The van der Waals surface area contributed by atoms with E-state index < -0.39 is 0 Å². The minimum atomic E-state index is -0.106. The number of halogens is 1. The molecule has 2 heterocycles. The standard InChI is InChI=1S/C23H23ClN4O2/c1-16-6-5-7-18(14-16)28-22(15-21(25-28)19-8-3-4-9-20(19)24)23(30)27-12-10-26(11-13-27)17(2)29/h3-9,14-15H,10-13H2,1-2H3. The van der Waals surface area contributed by atoms with Crippen molar-refractivity contribution in [2.75, 3.05) is 26.2 Å². The molecule has 30 heavy (non-hydrogen) atoms. The lowest BCUT2D eigenvalue weighted by atomic mass is 10.1. The number of nitrogens with zero attached hydrogens (tertiary/aromatic N) is 4. The molecule has 3 aromatic rings. The van der Waals surface area contributed by atoms with Crippen molar-refractivity contribution in [1.82, 2.24) is 19.6 Å². The lowest BCUT2D eigenvalue weighted by molar-refractivity contribution is -0.130. The van der Waals surface area contributed by atoms with E-state index in [1.165, 1.54) is 0 Å². The molecule has 0 saturated carbocycles. The normalized spacial score (nSPS) is 14.1. The van der Waals surface area contributed by atoms with Gasteiger partial charge in [-0.15, -0.1) is 0 Å². The molecule has 0 aliphatic carbocycles. The molecule has 0 atom stereocenters. The molecule has 0 bridgehead atoms. The fraction of sp³-hybridized carbons (Fsp3) is 0.261. The minimum Gasteiger partial charge on any atom is -0.339 e. The fourth-order valence-corrected chi connectivity index (χ4v) is 3.91. The number of carbonyl (C=O) groups excluding carboxylic acids is 2. The highest BCUT2D eigenvalue weighted by Crippen LogP contribution is 2.29. The summed E-state index contributed by atoms with van der Waals surface area (Å²) in [5.41, 5.74) is 3.80. The topological polar surface area (TPSA) is 58.4 Å². The van der Waals surface area contributed by atoms with Gasteiger partial charge in [-0.25, -0.2) is 4.68 Å². The molecule has 7 heteroatoms. The van der Waals surface area contributed by atoms with Crippen LogP contribution in [0.2, 0.25) is 5.02 Å². The Bertz CT molecular complexity index is 1100. The first-order valence-corrected chi connectivity index (χ1v) is 10.3. The Morgan fingerprint density at radius 1 is 0.933 bits per heavy atom. The van der Waals surface area contributed by atoms with Crippen LogP contribution in [0.4, 0.5) is 0 Å². The SMILES string of the molecule is CC(=O)N1CCN(C(=O)c2cc(-c3ccccc3Cl)nn2-c2cccc(C)c2)CC1. The molecular weight excluding hydrogens is 400 g/mol. The summed E-state index contributed by atoms with van der Waals surface area (Å²) >= 11 is 6.38. The van der Waals surface area contributed by atoms with Gasteiger partial charge in [0, 0.05) is 38.7 Å². The highest BCUT2D eigenvalue weighted by atomic mass is 35.5. The Balaban J connectivity index is 1.73. The molecule has 154 valence electrons. The van der Waals surface area contributed by atoms with Gasteiger partial charge in [-0.3, -0.25) is 9.59 Å². The molecule has 1 saturated heterocycles. The molecule has 1 aromatic heterocycles. The van der Waals surface area contributed by atoms with Crippen LogP contribution < -0.4 is 0 Å². The van der Waals surface area contributed by atoms with E-state index in [2.05, 4.69) is 0 Å². The molecule has 6 nitrogen and oxygen atoms in total. The maximum absolute atomic E-state index is 13.4. The van der Waals surface area contributed by atoms with E-state index in [4.69, 9.17) is 16.7 Å². The summed E-state index contributed by atoms with van der Waals surface area (Å²) in [6.07, 6.45) is 0. The number of hydrogen-bond acceptors (Lipinski definition) is 3. The van der Waals surface area contributed by atoms with Gasteiger partial charge in [0.2, 0.25) is 5.91 Å². The molecule has 2 aromatic carbocycles. The van der Waals surface area contributed by atoms with Crippen molar-refractivity contribution in [3.05, 3.63) is 70.9 Å². The van der Waals surface area contributed by atoms with E-state index >= 15 is 0 Å². The summed E-state index contributed by atoms with van der Waals surface area (Å²) in [6, 6.07) is 17.1. The minimum absolute atomic E-state index is 0.0351. The summed E-state index contributed by atoms with van der Waals surface area (Å²) < 4.78 is 1.69. The van der Waals surface area contributed by atoms with Crippen molar-refractivity contribution in [2.45, 2.75) is 13.8 Å². The van der Waals surface area contributed by atoms with Crippen LogP contribution in [0.5, 0.6) is 0 Å². The zero-order valence-corrected chi connectivity index (χ0v) is 17.8. The van der Waals surface area contributed by atoms with Gasteiger partial charge in [0.1, 0.15) is 5.69 Å². The summed E-state index contributed by atoms with van der Waals surface area (Å²) in [4.78, 5) is 28.6. The van der Waals surface area contributed by atoms with Crippen LogP contribution in [0.15, 0.2) is 54.6 Å². The fourth-order valence-electron chi connectivity index (χ4n) is 3.68. The maximum atomic E-state index is 13.4. The van der Waals surface area contributed by atoms with Gasteiger partial charge in [-0.05, 0) is 36.8 Å². The van der Waals surface area contributed by atoms with Gasteiger partial charge < -0.3 is 9.80 Å². The first-order chi connectivity index (χ1) is 14.4. The average molecular weight is 423 g/mol. The van der Waals surface area contributed by atoms with Crippen LogP contribution in [-0.2, 0) is 4.79 Å². The van der Waals surface area contributed by atoms with E-state index in [-0.39, 0.29) is 11.8 Å². The second-order valence-electron chi connectivity index (χ2n) is 7.44. The van der Waals surface area contributed by atoms with Gasteiger partial charge in [0.15, 0.2) is 0 Å². The number of aromatic nitrogens is 2. The van der Waals surface area contributed by atoms with E-state index in [0.29, 0.717) is 42.6 Å². The first-order valence-electron chi connectivity index (χ1n) is 9.91. The van der Waals surface area contributed by atoms with Crippen LogP contribution >= 0.6 is 11.6 Å². The van der Waals surface area contributed by atoms with Gasteiger partial charge >= 0.3 is 0 Å². The number of benzene rings is 2. The quantitative estimate of drug-likeness (QED) is 0.645. The maximum Gasteiger partial charge on any atom is 0.272 e. The lowest BCUT2D eigenvalue weighted by Gasteiger charge is -2.34. The zero-order chi connectivity index (χ0) is 21.3. The van der Waals surface area contributed by atoms with E-state index in [9.17, 15) is 9.59 Å². The van der Waals surface area contributed by atoms with E-state index in [0.717, 1.165) is 16.8 Å². The van der Waals surface area contributed by atoms with Gasteiger partial charge in [-0.1, -0.05) is 41.9 Å². The number of piperazine rings is 1. The molecule has 1 aliphatic heterocycles. The highest BCUT2D eigenvalue weighted by molar-refractivity contribution is 6.33. The summed E-state index contributed by atoms with van der Waals surface area (Å²) in [7, 11) is 0. The molecule has 0 radical (unpaired) electrons. The monoisotopic (exact) mass is 422 g/mol. The van der Waals surface area contributed by atoms with Crippen LogP contribution in [0.3, 0.4) is 0 Å². The van der Waals surface area contributed by atoms with Crippen molar-refractivity contribution in [3.8, 4) is 16.9 Å². The van der Waals surface area contributed by atoms with Crippen LogP contribution in [0.25, 0.3) is 16.9 Å². The zero-order valence-electron chi connectivity index (χ0n) is 17.0. The third-order valence-corrected chi connectivity index (χ3v) is 5.67. The van der Waals surface area contributed by atoms with E-state index in [1.807, 2.05) is 55.5 Å². The Kier molecular flexibility index (Phi) is 5.59. The van der Waals surface area contributed by atoms with Gasteiger partial charge in [0.25, 0.3) is 5.91 Å². The molecule has 1 fully saturated rings. The number of amides is 2. The molecule has 0 unspecified atom stereocenters. The van der Waals surface area contributed by atoms with Crippen molar-refractivity contribution in [2.24, 2.45) is 0 Å². The average Bonchev–Trinajstić information content (AvgIpc) is 3.19. The smallest absolute Gasteiger partial charge is 0.272 e. The van der Waals surface area contributed by atoms with Crippen LogP contribution in [-0.4, -0.2) is 57.6 Å². The number of hydrogen-bond donors (Lipinski definition) is 0. The number of rotatable bonds is 3. The largest absolute Gasteiger partial charge is 0.339 e. The summed E-state index contributed by atoms with van der Waals surface area (Å²) in [5, 5.41) is 5.32. The Morgan fingerprint density at radius 3 is 2.30 bits per heavy atom. The predicted octanol–water partition coefficient (Wildman–Crippen LogP) is 3.81. The van der Waals surface area contributed by atoms with Crippen LogP contribution in [0.1, 0.15) is 23.0 Å². The third kappa shape index (κ3) is 3.96. The molecule has 0 spiro atoms. The highest BCUT2D eigenvalue weighted by Gasteiger charge is 2.27. The van der Waals surface area contributed by atoms with Crippen molar-refractivity contribution >= 4 is 23.4 Å².